The first-order valence-corrected chi connectivity index (χ1v) is 4.98. The van der Waals surface area contributed by atoms with Crippen LogP contribution < -0.4 is 0 Å². The summed E-state index contributed by atoms with van der Waals surface area (Å²) in [7, 11) is 1.38. The first-order chi connectivity index (χ1) is 6.29. The van der Waals surface area contributed by atoms with Crippen molar-refractivity contribution in [3.63, 3.8) is 0 Å². The van der Waals surface area contributed by atoms with Gasteiger partial charge in [-0.25, -0.2) is 4.79 Å². The lowest BCUT2D eigenvalue weighted by atomic mass is 10.1. The third-order valence-electron chi connectivity index (χ3n) is 1.61. The normalized spacial score (nSPS) is 10.3. The second kappa shape index (κ2) is 5.01. The zero-order chi connectivity index (χ0) is 9.68. The lowest BCUT2D eigenvalue weighted by Gasteiger charge is -2.02. The third-order valence-corrected chi connectivity index (χ3v) is 1.97. The lowest BCUT2D eigenvalue weighted by Crippen LogP contribution is -2.02. The lowest BCUT2D eigenvalue weighted by molar-refractivity contribution is 0.0600. The number of halogens is 1. The number of methoxy groups -OCH3 is 1. The molecule has 0 unspecified atom stereocenters. The Labute approximate surface area is 90.7 Å². The van der Waals surface area contributed by atoms with Gasteiger partial charge in [0.1, 0.15) is 0 Å². The van der Waals surface area contributed by atoms with Crippen molar-refractivity contribution in [3.8, 4) is 0 Å². The molecule has 1 rings (SSSR count). The molecule has 1 aromatic carbocycles. The highest BCUT2D eigenvalue weighted by atomic mass is 127. The zero-order valence-corrected chi connectivity index (χ0v) is 9.32. The first-order valence-electron chi connectivity index (χ1n) is 3.73. The Morgan fingerprint density at radius 3 is 2.77 bits per heavy atom. The number of benzene rings is 1. The van der Waals surface area contributed by atoms with Gasteiger partial charge in [0.15, 0.2) is 0 Å². The van der Waals surface area contributed by atoms with Gasteiger partial charge in [-0.2, -0.15) is 0 Å². The molecule has 0 aliphatic rings. The SMILES string of the molecule is COC(=O)c1ccccc1C=CI. The van der Waals surface area contributed by atoms with E-state index < -0.39 is 0 Å². The van der Waals surface area contributed by atoms with Gasteiger partial charge in [0.2, 0.25) is 0 Å². The molecule has 0 aliphatic heterocycles. The van der Waals surface area contributed by atoms with Gasteiger partial charge >= 0.3 is 5.97 Å². The predicted molar refractivity (Wildman–Crippen MR) is 60.8 cm³/mol. The molecule has 0 aliphatic carbocycles. The van der Waals surface area contributed by atoms with Crippen LogP contribution in [-0.4, -0.2) is 13.1 Å². The highest BCUT2D eigenvalue weighted by molar-refractivity contribution is 14.1. The fourth-order valence-electron chi connectivity index (χ4n) is 1.01. The van der Waals surface area contributed by atoms with Crippen LogP contribution in [0.1, 0.15) is 15.9 Å². The Morgan fingerprint density at radius 1 is 1.46 bits per heavy atom. The molecule has 0 N–H and O–H groups in total. The van der Waals surface area contributed by atoms with Crippen molar-refractivity contribution in [2.24, 2.45) is 0 Å². The van der Waals surface area contributed by atoms with Crippen molar-refractivity contribution >= 4 is 34.6 Å². The van der Waals surface area contributed by atoms with Crippen LogP contribution in [0.5, 0.6) is 0 Å². The molecule has 13 heavy (non-hydrogen) atoms. The molecule has 3 heteroatoms. The van der Waals surface area contributed by atoms with Crippen LogP contribution in [0.25, 0.3) is 6.08 Å². The van der Waals surface area contributed by atoms with Crippen molar-refractivity contribution in [2.75, 3.05) is 7.11 Å². The second-order valence-electron chi connectivity index (χ2n) is 2.37. The molecule has 2 nitrogen and oxygen atoms in total. The minimum Gasteiger partial charge on any atom is -0.465 e. The summed E-state index contributed by atoms with van der Waals surface area (Å²) >= 11 is 2.11. The van der Waals surface area contributed by atoms with Gasteiger partial charge < -0.3 is 4.74 Å². The topological polar surface area (TPSA) is 26.3 Å². The summed E-state index contributed by atoms with van der Waals surface area (Å²) in [5.41, 5.74) is 1.47. The molecule has 0 aromatic heterocycles. The van der Waals surface area contributed by atoms with Crippen LogP contribution in [0.3, 0.4) is 0 Å². The number of hydrogen-bond donors (Lipinski definition) is 0. The van der Waals surface area contributed by atoms with E-state index in [1.807, 2.05) is 28.4 Å². The van der Waals surface area contributed by atoms with Crippen LogP contribution in [0, 0.1) is 0 Å². The van der Waals surface area contributed by atoms with Crippen molar-refractivity contribution < 1.29 is 9.53 Å². The van der Waals surface area contributed by atoms with E-state index in [0.29, 0.717) is 5.56 Å². The van der Waals surface area contributed by atoms with E-state index in [9.17, 15) is 4.79 Å². The average molecular weight is 288 g/mol. The van der Waals surface area contributed by atoms with Crippen molar-refractivity contribution in [3.05, 3.63) is 39.5 Å². The van der Waals surface area contributed by atoms with E-state index in [4.69, 9.17) is 0 Å². The van der Waals surface area contributed by atoms with E-state index in [1.165, 1.54) is 7.11 Å². The fourth-order valence-corrected chi connectivity index (χ4v) is 1.39. The van der Waals surface area contributed by atoms with Crippen LogP contribution in [0.2, 0.25) is 0 Å². The molecular weight excluding hydrogens is 279 g/mol. The molecule has 0 saturated carbocycles. The molecule has 0 spiro atoms. The number of esters is 1. The van der Waals surface area contributed by atoms with Gasteiger partial charge in [-0.15, -0.1) is 0 Å². The minimum absolute atomic E-state index is 0.301. The highest BCUT2D eigenvalue weighted by Gasteiger charge is 2.07. The monoisotopic (exact) mass is 288 g/mol. The van der Waals surface area contributed by atoms with Crippen LogP contribution in [0.15, 0.2) is 28.3 Å². The molecule has 0 saturated heterocycles. The number of carbonyl (C=O) groups is 1. The van der Waals surface area contributed by atoms with Gasteiger partial charge in [0, 0.05) is 0 Å². The molecule has 0 bridgehead atoms. The maximum Gasteiger partial charge on any atom is 0.338 e. The van der Waals surface area contributed by atoms with Gasteiger partial charge in [0.25, 0.3) is 0 Å². The fraction of sp³-hybridized carbons (Fsp3) is 0.100. The quantitative estimate of drug-likeness (QED) is 0.618. The summed E-state index contributed by atoms with van der Waals surface area (Å²) in [4.78, 5) is 11.3. The molecule has 0 atom stereocenters. The highest BCUT2D eigenvalue weighted by Crippen LogP contribution is 2.12. The van der Waals surface area contributed by atoms with Crippen molar-refractivity contribution in [1.82, 2.24) is 0 Å². The summed E-state index contributed by atoms with van der Waals surface area (Å²) in [6, 6.07) is 7.33. The smallest absolute Gasteiger partial charge is 0.338 e. The Bertz CT molecular complexity index is 331. The van der Waals surface area contributed by atoms with Gasteiger partial charge in [0.05, 0.1) is 12.7 Å². The number of rotatable bonds is 2. The van der Waals surface area contributed by atoms with E-state index in [1.54, 1.807) is 6.07 Å². The number of carbonyl (C=O) groups excluding carboxylic acids is 1. The summed E-state index contributed by atoms with van der Waals surface area (Å²) < 4.78 is 6.51. The Hall–Kier alpha value is -0.840. The summed E-state index contributed by atoms with van der Waals surface area (Å²) in [6.07, 6.45) is 1.87. The third kappa shape index (κ3) is 2.55. The summed E-state index contributed by atoms with van der Waals surface area (Å²) in [5.74, 6) is -0.301. The van der Waals surface area contributed by atoms with Crippen molar-refractivity contribution in [2.45, 2.75) is 0 Å². The van der Waals surface area contributed by atoms with Crippen LogP contribution in [-0.2, 0) is 4.74 Å². The van der Waals surface area contributed by atoms with Gasteiger partial charge in [-0.3, -0.25) is 0 Å². The van der Waals surface area contributed by atoms with Gasteiger partial charge in [-0.1, -0.05) is 40.8 Å². The largest absolute Gasteiger partial charge is 0.465 e. The summed E-state index contributed by atoms with van der Waals surface area (Å²) in [6.45, 7) is 0. The molecule has 0 fully saturated rings. The Morgan fingerprint density at radius 2 is 2.15 bits per heavy atom. The molecule has 1 aromatic rings. The molecule has 68 valence electrons. The molecule has 0 radical (unpaired) electrons. The Balaban J connectivity index is 3.11. The first kappa shape index (κ1) is 10.2. The van der Waals surface area contributed by atoms with E-state index in [-0.39, 0.29) is 5.97 Å². The minimum atomic E-state index is -0.301. The van der Waals surface area contributed by atoms with Crippen LogP contribution in [0.4, 0.5) is 0 Å². The molecule has 0 heterocycles. The standard InChI is InChI=1S/C10H9IO2/c1-13-10(12)9-5-3-2-4-8(9)6-7-11/h2-7H,1H3. The molecule has 0 amide bonds. The zero-order valence-electron chi connectivity index (χ0n) is 7.16. The van der Waals surface area contributed by atoms with Gasteiger partial charge in [-0.05, 0) is 21.8 Å². The molecular formula is C10H9IO2. The second-order valence-corrected chi connectivity index (χ2v) is 3.09. The van der Waals surface area contributed by atoms with E-state index >= 15 is 0 Å². The maximum atomic E-state index is 11.3. The van der Waals surface area contributed by atoms with E-state index in [2.05, 4.69) is 27.3 Å². The Kier molecular flexibility index (Phi) is 3.95. The van der Waals surface area contributed by atoms with Crippen molar-refractivity contribution in [1.29, 1.82) is 0 Å². The summed E-state index contributed by atoms with van der Waals surface area (Å²) in [5, 5.41) is 0. The van der Waals surface area contributed by atoms with E-state index in [0.717, 1.165) is 5.56 Å². The predicted octanol–water partition coefficient (Wildman–Crippen LogP) is 2.88. The van der Waals surface area contributed by atoms with Crippen LogP contribution >= 0.6 is 22.6 Å². The maximum absolute atomic E-state index is 11.3. The number of ether oxygens (including phenoxy) is 1. The average Bonchev–Trinajstić information content (AvgIpc) is 2.18. The number of hydrogen-bond acceptors (Lipinski definition) is 2.